The molecular formula is C20H23N5O2. The molecule has 0 unspecified atom stereocenters. The molecule has 7 nitrogen and oxygen atoms in total. The number of nitrogens with zero attached hydrogens (tertiary/aromatic N) is 4. The molecule has 4 rings (SSSR count). The number of ether oxygens (including phenoxy) is 2. The predicted molar refractivity (Wildman–Crippen MR) is 100 cm³/mol. The molecule has 1 aliphatic heterocycles. The largest absolute Gasteiger partial charge is 0.438 e. The lowest BCUT2D eigenvalue weighted by Gasteiger charge is -2.32. The van der Waals surface area contributed by atoms with Gasteiger partial charge in [0.05, 0.1) is 12.4 Å². The Hall–Kier alpha value is -2.77. The molecule has 1 aromatic carbocycles. The van der Waals surface area contributed by atoms with E-state index in [4.69, 9.17) is 9.47 Å². The van der Waals surface area contributed by atoms with Crippen molar-refractivity contribution in [2.45, 2.75) is 31.5 Å². The lowest BCUT2D eigenvalue weighted by molar-refractivity contribution is -0.0112. The molecule has 0 bridgehead atoms. The molecular weight excluding hydrogens is 342 g/mol. The van der Waals surface area contributed by atoms with Gasteiger partial charge in [-0.25, -0.2) is 4.98 Å². The molecule has 3 aromatic rings. The van der Waals surface area contributed by atoms with Crippen molar-refractivity contribution in [2.24, 2.45) is 7.05 Å². The van der Waals surface area contributed by atoms with E-state index >= 15 is 0 Å². The molecule has 0 aliphatic carbocycles. The number of aryl methyl sites for hydroxylation is 1. The molecule has 1 saturated heterocycles. The van der Waals surface area contributed by atoms with Crippen LogP contribution in [-0.2, 0) is 18.3 Å². The van der Waals surface area contributed by atoms with E-state index in [9.17, 15) is 0 Å². The first-order valence-corrected chi connectivity index (χ1v) is 9.14. The van der Waals surface area contributed by atoms with Crippen LogP contribution in [-0.4, -0.2) is 32.4 Å². The van der Waals surface area contributed by atoms with Crippen molar-refractivity contribution in [3.63, 3.8) is 0 Å². The zero-order valence-corrected chi connectivity index (χ0v) is 15.3. The summed E-state index contributed by atoms with van der Waals surface area (Å²) in [6, 6.07) is 8.28. The van der Waals surface area contributed by atoms with Crippen molar-refractivity contribution in [3.8, 4) is 11.6 Å². The molecule has 7 heteroatoms. The molecule has 0 radical (unpaired) electrons. The molecule has 1 fully saturated rings. The van der Waals surface area contributed by atoms with Crippen LogP contribution >= 0.6 is 0 Å². The van der Waals surface area contributed by atoms with Crippen LogP contribution in [0.3, 0.4) is 0 Å². The molecule has 0 saturated carbocycles. The fourth-order valence-electron chi connectivity index (χ4n) is 3.29. The molecule has 2 aromatic heterocycles. The average molecular weight is 365 g/mol. The van der Waals surface area contributed by atoms with E-state index in [0.717, 1.165) is 37.3 Å². The van der Waals surface area contributed by atoms with Crippen molar-refractivity contribution >= 4 is 0 Å². The van der Waals surface area contributed by atoms with Crippen molar-refractivity contribution in [3.05, 3.63) is 66.4 Å². The lowest BCUT2D eigenvalue weighted by Crippen LogP contribution is -2.39. The lowest BCUT2D eigenvalue weighted by atomic mass is 9.98. The van der Waals surface area contributed by atoms with Gasteiger partial charge in [-0.3, -0.25) is 9.67 Å². The average Bonchev–Trinajstić information content (AvgIpc) is 3.15. The summed E-state index contributed by atoms with van der Waals surface area (Å²) >= 11 is 0. The first-order valence-electron chi connectivity index (χ1n) is 9.14. The highest BCUT2D eigenvalue weighted by molar-refractivity contribution is 5.30. The Labute approximate surface area is 158 Å². The van der Waals surface area contributed by atoms with E-state index in [1.54, 1.807) is 18.6 Å². The highest BCUT2D eigenvalue weighted by atomic mass is 16.5. The Kier molecular flexibility index (Phi) is 5.41. The maximum atomic E-state index is 6.02. The summed E-state index contributed by atoms with van der Waals surface area (Å²) in [6.07, 6.45) is 11.0. The minimum atomic E-state index is 0.0479. The normalized spacial score (nSPS) is 19.7. The fraction of sp³-hybridized carbons (Fsp3) is 0.350. The monoisotopic (exact) mass is 365 g/mol. The van der Waals surface area contributed by atoms with Gasteiger partial charge in [-0.1, -0.05) is 12.1 Å². The van der Waals surface area contributed by atoms with E-state index in [1.165, 1.54) is 5.56 Å². The molecule has 0 spiro atoms. The second-order valence-corrected chi connectivity index (χ2v) is 6.66. The van der Waals surface area contributed by atoms with Crippen LogP contribution in [0.15, 0.2) is 55.2 Å². The second-order valence-electron chi connectivity index (χ2n) is 6.66. The Morgan fingerprint density at radius 2 is 2.11 bits per heavy atom. The third kappa shape index (κ3) is 4.50. The SMILES string of the molecule is Cn1cc([C@H]2OCCC[C@@H]2NCc2ccc(Oc3cnccn3)cc2)cn1. The van der Waals surface area contributed by atoms with Crippen molar-refractivity contribution in [2.75, 3.05) is 6.61 Å². The summed E-state index contributed by atoms with van der Waals surface area (Å²) in [5, 5.41) is 7.91. The van der Waals surface area contributed by atoms with Crippen molar-refractivity contribution in [1.29, 1.82) is 0 Å². The maximum Gasteiger partial charge on any atom is 0.237 e. The molecule has 1 aliphatic rings. The van der Waals surface area contributed by atoms with Gasteiger partial charge in [-0.05, 0) is 30.5 Å². The summed E-state index contributed by atoms with van der Waals surface area (Å²) in [7, 11) is 1.93. The highest BCUT2D eigenvalue weighted by Gasteiger charge is 2.28. The zero-order chi connectivity index (χ0) is 18.5. The van der Waals surface area contributed by atoms with E-state index in [-0.39, 0.29) is 12.1 Å². The van der Waals surface area contributed by atoms with Gasteiger partial charge in [0.25, 0.3) is 0 Å². The van der Waals surface area contributed by atoms with Crippen LogP contribution in [0.4, 0.5) is 0 Å². The predicted octanol–water partition coefficient (Wildman–Crippen LogP) is 3.01. The zero-order valence-electron chi connectivity index (χ0n) is 15.3. The van der Waals surface area contributed by atoms with Crippen molar-refractivity contribution in [1.82, 2.24) is 25.1 Å². The first kappa shape index (κ1) is 17.6. The Balaban J connectivity index is 1.36. The Morgan fingerprint density at radius 3 is 2.85 bits per heavy atom. The van der Waals surface area contributed by atoms with Crippen molar-refractivity contribution < 1.29 is 9.47 Å². The molecule has 0 amide bonds. The van der Waals surface area contributed by atoms with E-state index in [0.29, 0.717) is 5.88 Å². The number of benzene rings is 1. The quantitative estimate of drug-likeness (QED) is 0.724. The minimum absolute atomic E-state index is 0.0479. The molecule has 1 N–H and O–H groups in total. The summed E-state index contributed by atoms with van der Waals surface area (Å²) in [5.74, 6) is 1.23. The van der Waals surface area contributed by atoms with Gasteiger partial charge in [0.1, 0.15) is 11.9 Å². The maximum absolute atomic E-state index is 6.02. The van der Waals surface area contributed by atoms with E-state index < -0.39 is 0 Å². The Bertz CT molecular complexity index is 850. The third-order valence-corrected chi connectivity index (χ3v) is 4.63. The van der Waals surface area contributed by atoms with Gasteiger partial charge < -0.3 is 14.8 Å². The topological polar surface area (TPSA) is 74.1 Å². The van der Waals surface area contributed by atoms with Crippen LogP contribution in [0.25, 0.3) is 0 Å². The minimum Gasteiger partial charge on any atom is -0.438 e. The van der Waals surface area contributed by atoms with Gasteiger partial charge in [-0.15, -0.1) is 0 Å². The molecule has 2 atom stereocenters. The third-order valence-electron chi connectivity index (χ3n) is 4.63. The second kappa shape index (κ2) is 8.28. The summed E-state index contributed by atoms with van der Waals surface area (Å²) < 4.78 is 13.5. The molecule has 27 heavy (non-hydrogen) atoms. The van der Waals surface area contributed by atoms with Gasteiger partial charge >= 0.3 is 0 Å². The Morgan fingerprint density at radius 1 is 1.22 bits per heavy atom. The van der Waals surface area contributed by atoms with Crippen LogP contribution in [0.2, 0.25) is 0 Å². The van der Waals surface area contributed by atoms with Crippen LogP contribution < -0.4 is 10.1 Å². The van der Waals surface area contributed by atoms with Crippen LogP contribution in [0.1, 0.15) is 30.1 Å². The number of nitrogens with one attached hydrogen (secondary N) is 1. The van der Waals surface area contributed by atoms with Gasteiger partial charge in [0, 0.05) is 50.4 Å². The van der Waals surface area contributed by atoms with E-state index in [1.807, 2.05) is 36.3 Å². The summed E-state index contributed by atoms with van der Waals surface area (Å²) in [6.45, 7) is 1.57. The van der Waals surface area contributed by atoms with Crippen LogP contribution in [0.5, 0.6) is 11.6 Å². The number of rotatable bonds is 6. The first-order chi connectivity index (χ1) is 13.3. The van der Waals surface area contributed by atoms with E-state index in [2.05, 4.69) is 32.5 Å². The van der Waals surface area contributed by atoms with Gasteiger partial charge in [-0.2, -0.15) is 5.10 Å². The molecule has 140 valence electrons. The fourth-order valence-corrected chi connectivity index (χ4v) is 3.29. The number of aromatic nitrogens is 4. The summed E-state index contributed by atoms with van der Waals surface area (Å²) in [4.78, 5) is 8.11. The number of hydrogen-bond acceptors (Lipinski definition) is 6. The highest BCUT2D eigenvalue weighted by Crippen LogP contribution is 2.28. The van der Waals surface area contributed by atoms with Gasteiger partial charge in [0.15, 0.2) is 0 Å². The standard InChI is InChI=1S/C20H23N5O2/c1-25-14-16(12-24-25)20-18(3-2-10-26-20)23-11-15-4-6-17(7-5-15)27-19-13-21-8-9-22-19/h4-9,12-14,18,20,23H,2-3,10-11H2,1H3/t18-,20+/m0/s1. The van der Waals surface area contributed by atoms with Crippen LogP contribution in [0, 0.1) is 0 Å². The smallest absolute Gasteiger partial charge is 0.237 e. The number of hydrogen-bond donors (Lipinski definition) is 1. The summed E-state index contributed by atoms with van der Waals surface area (Å²) in [5.41, 5.74) is 2.32. The van der Waals surface area contributed by atoms with Gasteiger partial charge in [0.2, 0.25) is 5.88 Å². The molecule has 3 heterocycles.